The zero-order valence-corrected chi connectivity index (χ0v) is 15.4. The fourth-order valence-corrected chi connectivity index (χ4v) is 4.18. The molecule has 1 atom stereocenters. The molecular formula is C21H21BrN2. The molecule has 1 aliphatic carbocycles. The normalized spacial score (nSPS) is 16.8. The van der Waals surface area contributed by atoms with Crippen molar-refractivity contribution in [2.45, 2.75) is 25.3 Å². The lowest BCUT2D eigenvalue weighted by molar-refractivity contribution is 0.312. The monoisotopic (exact) mass is 380 g/mol. The van der Waals surface area contributed by atoms with E-state index in [0.29, 0.717) is 6.04 Å². The van der Waals surface area contributed by atoms with Gasteiger partial charge in [-0.3, -0.25) is 0 Å². The molecular weight excluding hydrogens is 360 g/mol. The number of benzene rings is 2. The average molecular weight is 381 g/mol. The maximum atomic E-state index is 4.35. The lowest BCUT2D eigenvalue weighted by atomic mass is 9.90. The van der Waals surface area contributed by atoms with Crippen LogP contribution in [0.2, 0.25) is 0 Å². The number of nitrogens with zero attached hydrogens (tertiary/aromatic N) is 1. The van der Waals surface area contributed by atoms with Crippen molar-refractivity contribution in [3.63, 3.8) is 0 Å². The molecule has 0 spiro atoms. The highest BCUT2D eigenvalue weighted by atomic mass is 79.9. The molecule has 0 fully saturated rings. The Kier molecular flexibility index (Phi) is 3.97. The standard InChI is InChI=1S/C21H21BrN2/c1-14(15-7-4-3-5-8-15)24(2)20-10-6-9-17-18-13-16(22)11-12-19(18)23-21(17)20/h3-5,7-8,11-13,20,23H,1,6,9-10H2,2H3. The Labute approximate surface area is 151 Å². The van der Waals surface area contributed by atoms with Crippen LogP contribution in [0.5, 0.6) is 0 Å². The molecule has 1 N–H and O–H groups in total. The summed E-state index contributed by atoms with van der Waals surface area (Å²) < 4.78 is 1.14. The van der Waals surface area contributed by atoms with Gasteiger partial charge < -0.3 is 9.88 Å². The van der Waals surface area contributed by atoms with Crippen molar-refractivity contribution in [3.8, 4) is 0 Å². The maximum absolute atomic E-state index is 4.35. The van der Waals surface area contributed by atoms with Crippen molar-refractivity contribution < 1.29 is 0 Å². The van der Waals surface area contributed by atoms with Crippen molar-refractivity contribution >= 4 is 32.5 Å². The van der Waals surface area contributed by atoms with Crippen molar-refractivity contribution in [3.05, 3.63) is 76.4 Å². The molecule has 3 heteroatoms. The number of hydrogen-bond acceptors (Lipinski definition) is 1. The van der Waals surface area contributed by atoms with E-state index < -0.39 is 0 Å². The van der Waals surface area contributed by atoms with E-state index in [1.807, 2.05) is 6.07 Å². The van der Waals surface area contributed by atoms with E-state index in [2.05, 4.69) is 81.9 Å². The third-order valence-electron chi connectivity index (χ3n) is 5.14. The van der Waals surface area contributed by atoms with E-state index in [4.69, 9.17) is 0 Å². The quantitative estimate of drug-likeness (QED) is 0.598. The van der Waals surface area contributed by atoms with E-state index in [0.717, 1.165) is 23.0 Å². The molecule has 0 saturated carbocycles. The van der Waals surface area contributed by atoms with Crippen LogP contribution in [0.3, 0.4) is 0 Å². The van der Waals surface area contributed by atoms with Gasteiger partial charge in [0.25, 0.3) is 0 Å². The average Bonchev–Trinajstić information content (AvgIpc) is 2.99. The Hall–Kier alpha value is -2.00. The number of H-pyrrole nitrogens is 1. The summed E-state index contributed by atoms with van der Waals surface area (Å²) in [6.45, 7) is 4.35. The van der Waals surface area contributed by atoms with E-state index in [9.17, 15) is 0 Å². The van der Waals surface area contributed by atoms with E-state index >= 15 is 0 Å². The number of rotatable bonds is 3. The predicted octanol–water partition coefficient (Wildman–Crippen LogP) is 5.91. The van der Waals surface area contributed by atoms with Crippen LogP contribution in [0.1, 0.15) is 35.7 Å². The third kappa shape index (κ3) is 2.57. The van der Waals surface area contributed by atoms with Gasteiger partial charge in [0.2, 0.25) is 0 Å². The van der Waals surface area contributed by atoms with Crippen LogP contribution in [0, 0.1) is 0 Å². The first-order valence-corrected chi connectivity index (χ1v) is 9.21. The maximum Gasteiger partial charge on any atom is 0.0691 e. The van der Waals surface area contributed by atoms with Gasteiger partial charge in [-0.2, -0.15) is 0 Å². The minimum atomic E-state index is 0.354. The number of aryl methyl sites for hydroxylation is 1. The summed E-state index contributed by atoms with van der Waals surface area (Å²) in [5.41, 5.74) is 6.32. The van der Waals surface area contributed by atoms with Gasteiger partial charge in [-0.15, -0.1) is 0 Å². The van der Waals surface area contributed by atoms with Gasteiger partial charge in [-0.1, -0.05) is 52.8 Å². The first-order valence-electron chi connectivity index (χ1n) is 8.42. The molecule has 24 heavy (non-hydrogen) atoms. The van der Waals surface area contributed by atoms with Crippen molar-refractivity contribution in [2.75, 3.05) is 7.05 Å². The minimum absolute atomic E-state index is 0.354. The molecule has 0 radical (unpaired) electrons. The zero-order valence-electron chi connectivity index (χ0n) is 13.8. The Morgan fingerprint density at radius 1 is 1.21 bits per heavy atom. The zero-order chi connectivity index (χ0) is 16.7. The van der Waals surface area contributed by atoms with Crippen LogP contribution in [-0.4, -0.2) is 16.9 Å². The molecule has 2 nitrogen and oxygen atoms in total. The summed E-state index contributed by atoms with van der Waals surface area (Å²) in [5.74, 6) is 0. The summed E-state index contributed by atoms with van der Waals surface area (Å²) in [7, 11) is 2.16. The van der Waals surface area contributed by atoms with Crippen molar-refractivity contribution in [1.82, 2.24) is 9.88 Å². The predicted molar refractivity (Wildman–Crippen MR) is 105 cm³/mol. The van der Waals surface area contributed by atoms with E-state index in [1.54, 1.807) is 0 Å². The molecule has 2 aromatic carbocycles. The van der Waals surface area contributed by atoms with Gasteiger partial charge in [0.1, 0.15) is 0 Å². The van der Waals surface area contributed by atoms with Gasteiger partial charge in [-0.25, -0.2) is 0 Å². The highest BCUT2D eigenvalue weighted by molar-refractivity contribution is 9.10. The molecule has 122 valence electrons. The lowest BCUT2D eigenvalue weighted by Crippen LogP contribution is -2.26. The van der Waals surface area contributed by atoms with Gasteiger partial charge in [0.15, 0.2) is 0 Å². The molecule has 1 aromatic heterocycles. The molecule has 1 aliphatic rings. The number of nitrogens with one attached hydrogen (secondary N) is 1. The fourth-order valence-electron chi connectivity index (χ4n) is 3.82. The van der Waals surface area contributed by atoms with Crippen molar-refractivity contribution in [1.29, 1.82) is 0 Å². The number of hydrogen-bond donors (Lipinski definition) is 1. The second kappa shape index (κ2) is 6.14. The first-order chi connectivity index (χ1) is 11.6. The summed E-state index contributed by atoms with van der Waals surface area (Å²) in [6.07, 6.45) is 3.51. The Balaban J connectivity index is 1.74. The summed E-state index contributed by atoms with van der Waals surface area (Å²) >= 11 is 3.60. The molecule has 0 amide bonds. The lowest BCUT2D eigenvalue weighted by Gasteiger charge is -2.34. The fraction of sp³-hybridized carbons (Fsp3) is 0.238. The first kappa shape index (κ1) is 15.5. The summed E-state index contributed by atoms with van der Waals surface area (Å²) in [5, 5.41) is 1.35. The van der Waals surface area contributed by atoms with Crippen LogP contribution in [-0.2, 0) is 6.42 Å². The summed E-state index contributed by atoms with van der Waals surface area (Å²) in [6, 6.07) is 17.3. The smallest absolute Gasteiger partial charge is 0.0691 e. The van der Waals surface area contributed by atoms with Gasteiger partial charge in [0.05, 0.1) is 6.04 Å². The SMILES string of the molecule is C=C(c1ccccc1)N(C)C1CCCc2c1[nH]c1ccc(Br)cc21. The Morgan fingerprint density at radius 3 is 2.79 bits per heavy atom. The van der Waals surface area contributed by atoms with Crippen LogP contribution in [0.15, 0.2) is 59.6 Å². The Morgan fingerprint density at radius 2 is 2.00 bits per heavy atom. The number of aromatic nitrogens is 1. The second-order valence-electron chi connectivity index (χ2n) is 6.54. The van der Waals surface area contributed by atoms with Crippen LogP contribution in [0.4, 0.5) is 0 Å². The van der Waals surface area contributed by atoms with Gasteiger partial charge >= 0.3 is 0 Å². The molecule has 0 bridgehead atoms. The summed E-state index contributed by atoms with van der Waals surface area (Å²) in [4.78, 5) is 6.01. The van der Waals surface area contributed by atoms with Gasteiger partial charge in [0, 0.05) is 33.8 Å². The number of aromatic amines is 1. The minimum Gasteiger partial charge on any atom is -0.366 e. The molecule has 1 unspecified atom stereocenters. The number of halogens is 1. The second-order valence-corrected chi connectivity index (χ2v) is 7.45. The van der Waals surface area contributed by atoms with E-state index in [-0.39, 0.29) is 0 Å². The third-order valence-corrected chi connectivity index (χ3v) is 5.63. The van der Waals surface area contributed by atoms with Gasteiger partial charge in [-0.05, 0) is 48.6 Å². The molecule has 0 saturated heterocycles. The topological polar surface area (TPSA) is 19.0 Å². The van der Waals surface area contributed by atoms with Crippen LogP contribution in [0.25, 0.3) is 16.6 Å². The van der Waals surface area contributed by atoms with Crippen LogP contribution >= 0.6 is 15.9 Å². The molecule has 1 heterocycles. The highest BCUT2D eigenvalue weighted by Gasteiger charge is 2.28. The highest BCUT2D eigenvalue weighted by Crippen LogP contribution is 2.40. The van der Waals surface area contributed by atoms with E-state index in [1.165, 1.54) is 34.1 Å². The van der Waals surface area contributed by atoms with Crippen molar-refractivity contribution in [2.24, 2.45) is 0 Å². The molecule has 3 aromatic rings. The largest absolute Gasteiger partial charge is 0.366 e. The Bertz CT molecular complexity index is 895. The van der Waals surface area contributed by atoms with Crippen LogP contribution < -0.4 is 0 Å². The molecule has 4 rings (SSSR count). The molecule has 0 aliphatic heterocycles. The number of fused-ring (bicyclic) bond motifs is 3.